The van der Waals surface area contributed by atoms with E-state index in [0.717, 1.165) is 17.4 Å². The lowest BCUT2D eigenvalue weighted by Crippen LogP contribution is -2.33. The molecule has 0 bridgehead atoms. The first-order valence-corrected chi connectivity index (χ1v) is 7.37. The Morgan fingerprint density at radius 2 is 1.95 bits per heavy atom. The van der Waals surface area contributed by atoms with Gasteiger partial charge in [-0.2, -0.15) is 0 Å². The van der Waals surface area contributed by atoms with Crippen LogP contribution in [0.5, 0.6) is 0 Å². The second-order valence-electron chi connectivity index (χ2n) is 4.95. The number of esters is 1. The van der Waals surface area contributed by atoms with Crippen molar-refractivity contribution >= 4 is 21.9 Å². The normalized spacial score (nSPS) is 12.5. The summed E-state index contributed by atoms with van der Waals surface area (Å²) >= 11 is 3.42. The van der Waals surface area contributed by atoms with Gasteiger partial charge >= 0.3 is 5.97 Å². The maximum atomic E-state index is 11.6. The van der Waals surface area contributed by atoms with Crippen molar-refractivity contribution in [2.24, 2.45) is 11.8 Å². The lowest BCUT2D eigenvalue weighted by molar-refractivity contribution is -0.146. The molecule has 0 aliphatic rings. The number of hydrogen-bond donors (Lipinski definition) is 1. The Balaban J connectivity index is 2.32. The molecule has 4 heteroatoms. The quantitative estimate of drug-likeness (QED) is 0.618. The van der Waals surface area contributed by atoms with Crippen LogP contribution in [-0.4, -0.2) is 26.2 Å². The van der Waals surface area contributed by atoms with Gasteiger partial charge in [-0.1, -0.05) is 41.9 Å². The fourth-order valence-electron chi connectivity index (χ4n) is 1.88. The van der Waals surface area contributed by atoms with Crippen LogP contribution in [0.1, 0.15) is 19.4 Å². The van der Waals surface area contributed by atoms with Crippen molar-refractivity contribution in [1.29, 1.82) is 0 Å². The van der Waals surface area contributed by atoms with Gasteiger partial charge in [0.05, 0.1) is 13.0 Å². The van der Waals surface area contributed by atoms with Crippen LogP contribution < -0.4 is 5.32 Å². The van der Waals surface area contributed by atoms with Gasteiger partial charge in [-0.05, 0) is 36.6 Å². The van der Waals surface area contributed by atoms with Crippen LogP contribution in [0.4, 0.5) is 0 Å². The molecule has 1 atom stereocenters. The number of carbonyl (C=O) groups is 1. The molecular formula is C15H22BrNO2. The zero-order valence-corrected chi connectivity index (χ0v) is 13.4. The summed E-state index contributed by atoms with van der Waals surface area (Å²) in [6.45, 7) is 5.61. The summed E-state index contributed by atoms with van der Waals surface area (Å²) in [5, 5.41) is 3.33. The van der Waals surface area contributed by atoms with Gasteiger partial charge in [0.25, 0.3) is 0 Å². The van der Waals surface area contributed by atoms with Crippen molar-refractivity contribution in [3.05, 3.63) is 34.3 Å². The molecule has 0 saturated carbocycles. The first-order valence-electron chi connectivity index (χ1n) is 6.57. The van der Waals surface area contributed by atoms with Gasteiger partial charge in [0.2, 0.25) is 0 Å². The topological polar surface area (TPSA) is 38.3 Å². The fourth-order valence-corrected chi connectivity index (χ4v) is 2.15. The first kappa shape index (κ1) is 16.2. The van der Waals surface area contributed by atoms with Crippen LogP contribution in [0.25, 0.3) is 0 Å². The molecule has 0 aliphatic carbocycles. The van der Waals surface area contributed by atoms with Gasteiger partial charge in [-0.15, -0.1) is 0 Å². The van der Waals surface area contributed by atoms with Crippen molar-refractivity contribution in [2.75, 3.05) is 20.2 Å². The van der Waals surface area contributed by atoms with Crippen molar-refractivity contribution in [2.45, 2.75) is 20.3 Å². The van der Waals surface area contributed by atoms with Gasteiger partial charge in [0.1, 0.15) is 0 Å². The number of nitrogens with one attached hydrogen (secondary N) is 1. The number of methoxy groups -OCH3 is 1. The van der Waals surface area contributed by atoms with E-state index in [0.29, 0.717) is 6.54 Å². The Morgan fingerprint density at radius 1 is 1.32 bits per heavy atom. The predicted molar refractivity (Wildman–Crippen MR) is 81.1 cm³/mol. The summed E-state index contributed by atoms with van der Waals surface area (Å²) in [7, 11) is 1.44. The van der Waals surface area contributed by atoms with Crippen LogP contribution in [0.3, 0.4) is 0 Å². The molecule has 0 fully saturated rings. The Hall–Kier alpha value is -0.870. The monoisotopic (exact) mass is 327 g/mol. The summed E-state index contributed by atoms with van der Waals surface area (Å²) in [6.07, 6.45) is 0.958. The Labute approximate surface area is 123 Å². The third-order valence-electron chi connectivity index (χ3n) is 3.18. The highest BCUT2D eigenvalue weighted by Gasteiger charge is 2.22. The number of benzene rings is 1. The minimum atomic E-state index is -0.133. The van der Waals surface area contributed by atoms with Crippen LogP contribution in [0, 0.1) is 11.8 Å². The molecule has 0 aromatic heterocycles. The molecule has 106 valence electrons. The van der Waals surface area contributed by atoms with Gasteiger partial charge in [0.15, 0.2) is 0 Å². The average molecular weight is 328 g/mol. The van der Waals surface area contributed by atoms with Gasteiger partial charge < -0.3 is 10.1 Å². The Bertz CT molecular complexity index is 390. The van der Waals surface area contributed by atoms with Gasteiger partial charge in [-0.25, -0.2) is 0 Å². The molecular weight excluding hydrogens is 306 g/mol. The van der Waals surface area contributed by atoms with E-state index >= 15 is 0 Å². The molecule has 1 aromatic rings. The van der Waals surface area contributed by atoms with Crippen molar-refractivity contribution in [3.63, 3.8) is 0 Å². The summed E-state index contributed by atoms with van der Waals surface area (Å²) in [5.74, 6) is 0.0775. The Morgan fingerprint density at radius 3 is 2.47 bits per heavy atom. The molecule has 0 heterocycles. The minimum absolute atomic E-state index is 0.0742. The highest BCUT2D eigenvalue weighted by atomic mass is 79.9. The molecule has 0 radical (unpaired) electrons. The van der Waals surface area contributed by atoms with E-state index in [-0.39, 0.29) is 17.8 Å². The van der Waals surface area contributed by atoms with E-state index in [4.69, 9.17) is 4.74 Å². The zero-order valence-electron chi connectivity index (χ0n) is 11.8. The largest absolute Gasteiger partial charge is 0.469 e. The predicted octanol–water partition coefficient (Wildman–Crippen LogP) is 3.03. The third-order valence-corrected chi connectivity index (χ3v) is 3.71. The number of ether oxygens (including phenoxy) is 1. The SMILES string of the molecule is COC(=O)C(CNCCc1ccc(Br)cc1)C(C)C. The highest BCUT2D eigenvalue weighted by molar-refractivity contribution is 9.10. The van der Waals surface area contributed by atoms with Crippen LogP contribution in [0.15, 0.2) is 28.7 Å². The second-order valence-corrected chi connectivity index (χ2v) is 5.87. The van der Waals surface area contributed by atoms with E-state index in [9.17, 15) is 4.79 Å². The summed E-state index contributed by atoms with van der Waals surface area (Å²) in [4.78, 5) is 11.6. The van der Waals surface area contributed by atoms with E-state index in [2.05, 4.69) is 33.4 Å². The molecule has 0 amide bonds. The first-order chi connectivity index (χ1) is 9.04. The van der Waals surface area contributed by atoms with Crippen molar-refractivity contribution < 1.29 is 9.53 Å². The highest BCUT2D eigenvalue weighted by Crippen LogP contribution is 2.12. The third kappa shape index (κ3) is 5.74. The molecule has 1 rings (SSSR count). The molecule has 1 unspecified atom stereocenters. The second kappa shape index (κ2) is 8.33. The average Bonchev–Trinajstić information content (AvgIpc) is 2.39. The maximum Gasteiger partial charge on any atom is 0.310 e. The fraction of sp³-hybridized carbons (Fsp3) is 0.533. The number of rotatable bonds is 7. The number of carbonyl (C=O) groups excluding carboxylic acids is 1. The smallest absolute Gasteiger partial charge is 0.310 e. The van der Waals surface area contributed by atoms with Gasteiger partial charge in [-0.3, -0.25) is 4.79 Å². The summed E-state index contributed by atoms with van der Waals surface area (Å²) < 4.78 is 5.91. The maximum absolute atomic E-state index is 11.6. The van der Waals surface area contributed by atoms with Crippen LogP contribution in [-0.2, 0) is 16.0 Å². The van der Waals surface area contributed by atoms with E-state index < -0.39 is 0 Å². The lowest BCUT2D eigenvalue weighted by atomic mass is 9.96. The molecule has 0 aliphatic heterocycles. The van der Waals surface area contributed by atoms with Crippen LogP contribution >= 0.6 is 15.9 Å². The van der Waals surface area contributed by atoms with Crippen molar-refractivity contribution in [1.82, 2.24) is 5.32 Å². The molecule has 1 aromatic carbocycles. The lowest BCUT2D eigenvalue weighted by Gasteiger charge is -2.18. The van der Waals surface area contributed by atoms with Crippen LogP contribution in [0.2, 0.25) is 0 Å². The van der Waals surface area contributed by atoms with E-state index in [1.807, 2.05) is 26.0 Å². The zero-order chi connectivity index (χ0) is 14.3. The molecule has 3 nitrogen and oxygen atoms in total. The molecule has 0 saturated heterocycles. The Kier molecular flexibility index (Phi) is 7.10. The van der Waals surface area contributed by atoms with E-state index in [1.165, 1.54) is 12.7 Å². The molecule has 1 N–H and O–H groups in total. The number of hydrogen-bond acceptors (Lipinski definition) is 3. The minimum Gasteiger partial charge on any atom is -0.469 e. The van der Waals surface area contributed by atoms with Crippen molar-refractivity contribution in [3.8, 4) is 0 Å². The molecule has 0 spiro atoms. The van der Waals surface area contributed by atoms with E-state index in [1.54, 1.807) is 0 Å². The summed E-state index contributed by atoms with van der Waals surface area (Å²) in [6, 6.07) is 8.29. The number of halogens is 1. The standard InChI is InChI=1S/C15H22BrNO2/c1-11(2)14(15(18)19-3)10-17-9-8-12-4-6-13(16)7-5-12/h4-7,11,14,17H,8-10H2,1-3H3. The molecule has 19 heavy (non-hydrogen) atoms. The van der Waals surface area contributed by atoms with Gasteiger partial charge in [0, 0.05) is 11.0 Å². The summed E-state index contributed by atoms with van der Waals surface area (Å²) in [5.41, 5.74) is 1.29.